The molecule has 2 rings (SSSR count). The largest absolute Gasteiger partial charge is 0.497 e. The molecule has 7 heteroatoms. The highest BCUT2D eigenvalue weighted by Gasteiger charge is 2.34. The fourth-order valence-corrected chi connectivity index (χ4v) is 2.17. The normalized spacial score (nSPS) is 14.8. The summed E-state index contributed by atoms with van der Waals surface area (Å²) >= 11 is 0. The second-order valence-electron chi connectivity index (χ2n) is 4.76. The Bertz CT molecular complexity index is 608. The van der Waals surface area contributed by atoms with Crippen LogP contribution in [-0.2, 0) is 6.18 Å². The topological polar surface area (TPSA) is 53.1 Å². The van der Waals surface area contributed by atoms with Crippen molar-refractivity contribution in [2.45, 2.75) is 25.2 Å². The van der Waals surface area contributed by atoms with Crippen molar-refractivity contribution < 1.29 is 17.9 Å². The number of hydrogen-bond acceptors (Lipinski definition) is 3. The molecule has 0 amide bonds. The third-order valence-corrected chi connectivity index (χ3v) is 3.12. The van der Waals surface area contributed by atoms with E-state index in [9.17, 15) is 13.2 Å². The van der Waals surface area contributed by atoms with Gasteiger partial charge in [-0.05, 0) is 30.7 Å². The summed E-state index contributed by atoms with van der Waals surface area (Å²) in [5.74, 6) is 0.612. The highest BCUT2D eigenvalue weighted by atomic mass is 19.4. The van der Waals surface area contributed by atoms with Gasteiger partial charge in [0.2, 0.25) is 0 Å². The van der Waals surface area contributed by atoms with Crippen LogP contribution in [0, 0.1) is 0 Å². The van der Waals surface area contributed by atoms with Crippen LogP contribution in [0.2, 0.25) is 0 Å². The summed E-state index contributed by atoms with van der Waals surface area (Å²) in [6.07, 6.45) is -3.18. The average Bonchev–Trinajstić information content (AvgIpc) is 2.88. The lowest BCUT2D eigenvalue weighted by molar-refractivity contribution is -0.141. The number of alkyl halides is 3. The van der Waals surface area contributed by atoms with Gasteiger partial charge in [0.1, 0.15) is 5.75 Å². The summed E-state index contributed by atoms with van der Waals surface area (Å²) < 4.78 is 44.3. The van der Waals surface area contributed by atoms with Crippen LogP contribution < -0.4 is 10.5 Å². The number of benzene rings is 1. The maximum Gasteiger partial charge on any atom is 0.435 e. The van der Waals surface area contributed by atoms with E-state index >= 15 is 0 Å². The fraction of sp³-hybridized carbons (Fsp3) is 0.357. The van der Waals surface area contributed by atoms with Crippen molar-refractivity contribution in [1.82, 2.24) is 9.78 Å². The molecule has 0 saturated carbocycles. The minimum atomic E-state index is -4.47. The third kappa shape index (κ3) is 3.36. The van der Waals surface area contributed by atoms with Crippen LogP contribution >= 0.6 is 0 Å². The van der Waals surface area contributed by atoms with Crippen molar-refractivity contribution >= 4 is 0 Å². The summed E-state index contributed by atoms with van der Waals surface area (Å²) in [5, 5.41) is 3.61. The van der Waals surface area contributed by atoms with Crippen molar-refractivity contribution in [1.29, 1.82) is 0 Å². The van der Waals surface area contributed by atoms with Crippen molar-refractivity contribution in [2.75, 3.05) is 7.11 Å². The van der Waals surface area contributed by atoms with Crippen molar-refractivity contribution in [3.8, 4) is 5.75 Å². The smallest absolute Gasteiger partial charge is 0.435 e. The van der Waals surface area contributed by atoms with Gasteiger partial charge in [-0.25, -0.2) is 0 Å². The number of rotatable bonds is 4. The van der Waals surface area contributed by atoms with E-state index in [1.165, 1.54) is 18.0 Å². The molecule has 2 unspecified atom stereocenters. The fourth-order valence-electron chi connectivity index (χ4n) is 2.17. The van der Waals surface area contributed by atoms with Crippen molar-refractivity contribution in [2.24, 2.45) is 5.73 Å². The minimum absolute atomic E-state index is 0.418. The van der Waals surface area contributed by atoms with Crippen LogP contribution in [0.1, 0.15) is 24.2 Å². The summed E-state index contributed by atoms with van der Waals surface area (Å²) in [4.78, 5) is 0. The van der Waals surface area contributed by atoms with Gasteiger partial charge in [-0.3, -0.25) is 4.68 Å². The van der Waals surface area contributed by atoms with Gasteiger partial charge >= 0.3 is 6.18 Å². The van der Waals surface area contributed by atoms with Gasteiger partial charge in [-0.15, -0.1) is 0 Å². The van der Waals surface area contributed by atoms with E-state index < -0.39 is 24.0 Å². The molecule has 4 nitrogen and oxygen atoms in total. The molecule has 0 fully saturated rings. The van der Waals surface area contributed by atoms with Crippen LogP contribution in [0.3, 0.4) is 0 Å². The van der Waals surface area contributed by atoms with Gasteiger partial charge in [0, 0.05) is 12.2 Å². The first-order chi connectivity index (χ1) is 9.82. The van der Waals surface area contributed by atoms with Crippen LogP contribution in [0.4, 0.5) is 13.2 Å². The highest BCUT2D eigenvalue weighted by molar-refractivity contribution is 5.31. The molecule has 114 valence electrons. The predicted molar refractivity (Wildman–Crippen MR) is 72.0 cm³/mol. The molecule has 0 saturated heterocycles. The van der Waals surface area contributed by atoms with Gasteiger partial charge in [0.05, 0.1) is 13.2 Å². The zero-order valence-electron chi connectivity index (χ0n) is 11.6. The summed E-state index contributed by atoms with van der Waals surface area (Å²) in [7, 11) is 1.52. The zero-order chi connectivity index (χ0) is 15.6. The monoisotopic (exact) mass is 299 g/mol. The minimum Gasteiger partial charge on any atom is -0.497 e. The quantitative estimate of drug-likeness (QED) is 0.944. The van der Waals surface area contributed by atoms with E-state index in [2.05, 4.69) is 5.10 Å². The molecule has 2 aromatic rings. The average molecular weight is 299 g/mol. The van der Waals surface area contributed by atoms with Gasteiger partial charge in [0.25, 0.3) is 0 Å². The Morgan fingerprint density at radius 1 is 1.29 bits per heavy atom. The molecule has 21 heavy (non-hydrogen) atoms. The van der Waals surface area contributed by atoms with Crippen molar-refractivity contribution in [3.63, 3.8) is 0 Å². The molecule has 0 aliphatic carbocycles. The second kappa shape index (κ2) is 5.77. The lowest BCUT2D eigenvalue weighted by Crippen LogP contribution is -2.31. The lowest BCUT2D eigenvalue weighted by atomic mass is 10.0. The molecular formula is C14H16F3N3O. The first-order valence-electron chi connectivity index (χ1n) is 6.35. The van der Waals surface area contributed by atoms with E-state index in [0.29, 0.717) is 5.75 Å². The number of hydrogen-bond donors (Lipinski definition) is 1. The van der Waals surface area contributed by atoms with Gasteiger partial charge in [0.15, 0.2) is 5.69 Å². The summed E-state index contributed by atoms with van der Waals surface area (Å²) in [5.41, 5.74) is 5.73. The molecule has 0 radical (unpaired) electrons. The van der Waals surface area contributed by atoms with E-state index in [0.717, 1.165) is 11.6 Å². The molecular weight excluding hydrogens is 283 g/mol. The second-order valence-corrected chi connectivity index (χ2v) is 4.76. The van der Waals surface area contributed by atoms with Crippen molar-refractivity contribution in [3.05, 3.63) is 47.8 Å². The van der Waals surface area contributed by atoms with E-state index in [4.69, 9.17) is 10.5 Å². The van der Waals surface area contributed by atoms with Crippen LogP contribution in [-0.4, -0.2) is 22.9 Å². The Labute approximate surface area is 120 Å². The summed E-state index contributed by atoms with van der Waals surface area (Å²) in [6, 6.07) is 7.06. The Kier molecular flexibility index (Phi) is 4.22. The molecule has 1 aromatic heterocycles. The Balaban J connectivity index is 2.41. The van der Waals surface area contributed by atoms with E-state index in [-0.39, 0.29) is 0 Å². The number of methoxy groups -OCH3 is 1. The number of aromatic nitrogens is 2. The van der Waals surface area contributed by atoms with E-state index in [1.54, 1.807) is 31.2 Å². The standard InChI is InChI=1S/C14H16F3N3O/c1-9(18)13(10-4-3-5-11(8-10)21-2)20-7-6-12(19-20)14(15,16)17/h3-9,13H,18H2,1-2H3. The van der Waals surface area contributed by atoms with Gasteiger partial charge in [-0.1, -0.05) is 12.1 Å². The Morgan fingerprint density at radius 2 is 2.00 bits per heavy atom. The first kappa shape index (κ1) is 15.4. The molecule has 0 bridgehead atoms. The van der Waals surface area contributed by atoms with E-state index in [1.807, 2.05) is 0 Å². The molecule has 0 aliphatic rings. The number of ether oxygens (including phenoxy) is 1. The molecule has 0 spiro atoms. The maximum absolute atomic E-state index is 12.7. The zero-order valence-corrected chi connectivity index (χ0v) is 11.6. The molecule has 1 aromatic carbocycles. The number of halogens is 3. The number of nitrogens with zero attached hydrogens (tertiary/aromatic N) is 2. The number of nitrogens with two attached hydrogens (primary N) is 1. The van der Waals surface area contributed by atoms with Gasteiger partial charge in [-0.2, -0.15) is 18.3 Å². The highest BCUT2D eigenvalue weighted by Crippen LogP contribution is 2.30. The summed E-state index contributed by atoms with van der Waals surface area (Å²) in [6.45, 7) is 1.72. The maximum atomic E-state index is 12.7. The van der Waals surface area contributed by atoms with Crippen LogP contribution in [0.5, 0.6) is 5.75 Å². The molecule has 2 atom stereocenters. The molecule has 1 heterocycles. The Hall–Kier alpha value is -2.02. The third-order valence-electron chi connectivity index (χ3n) is 3.12. The predicted octanol–water partition coefficient (Wildman–Crippen LogP) is 2.85. The van der Waals surface area contributed by atoms with Gasteiger partial charge < -0.3 is 10.5 Å². The Morgan fingerprint density at radius 3 is 2.52 bits per heavy atom. The molecule has 0 aliphatic heterocycles. The lowest BCUT2D eigenvalue weighted by Gasteiger charge is -2.22. The first-order valence-corrected chi connectivity index (χ1v) is 6.35. The SMILES string of the molecule is COc1cccc(C(C(C)N)n2ccc(C(F)(F)F)n2)c1. The van der Waals surface area contributed by atoms with Crippen LogP contribution in [0.15, 0.2) is 36.5 Å². The van der Waals surface area contributed by atoms with Crippen LogP contribution in [0.25, 0.3) is 0 Å². The molecule has 2 N–H and O–H groups in total.